The highest BCUT2D eigenvalue weighted by Gasteiger charge is 2.13. The molecule has 3 heteroatoms. The lowest BCUT2D eigenvalue weighted by Gasteiger charge is -2.16. The first kappa shape index (κ1) is 16.1. The number of ether oxygens (including phenoxy) is 1. The number of benzene rings is 1. The van der Waals surface area contributed by atoms with E-state index in [4.69, 9.17) is 9.84 Å². The number of carbonyl (C=O) groups is 1. The van der Waals surface area contributed by atoms with E-state index in [1.165, 1.54) is 0 Å². The molecule has 0 unspecified atom stereocenters. The standard InChI is InChI=1S/C17H22O3/c1-4-7-14(12-17(18)19)13-8-10-16(11-9-13)20-15(5-2)6-3/h8-11,14-15H,5-6,12H2,1-3H3,(H,18,19)/t14-/m1/s1. The molecule has 0 amide bonds. The number of carboxylic acid groups (broad SMARTS) is 1. The van der Waals surface area contributed by atoms with Crippen LogP contribution in [0, 0.1) is 11.8 Å². The fraction of sp³-hybridized carbons (Fsp3) is 0.471. The van der Waals surface area contributed by atoms with Crippen molar-refractivity contribution in [3.8, 4) is 17.6 Å². The predicted molar refractivity (Wildman–Crippen MR) is 79.9 cm³/mol. The minimum Gasteiger partial charge on any atom is -0.490 e. The Labute approximate surface area is 121 Å². The normalized spacial score (nSPS) is 11.6. The van der Waals surface area contributed by atoms with Crippen LogP contribution in [0.15, 0.2) is 24.3 Å². The molecule has 0 aliphatic carbocycles. The van der Waals surface area contributed by atoms with Gasteiger partial charge in [0.15, 0.2) is 0 Å². The molecule has 0 spiro atoms. The smallest absolute Gasteiger partial charge is 0.304 e. The molecule has 0 aliphatic rings. The number of carboxylic acids is 1. The zero-order chi connectivity index (χ0) is 15.0. The van der Waals surface area contributed by atoms with Crippen LogP contribution in [0.3, 0.4) is 0 Å². The summed E-state index contributed by atoms with van der Waals surface area (Å²) in [6.07, 6.45) is 2.20. The molecule has 1 N–H and O–H groups in total. The van der Waals surface area contributed by atoms with E-state index in [2.05, 4.69) is 25.7 Å². The highest BCUT2D eigenvalue weighted by Crippen LogP contribution is 2.23. The molecular weight excluding hydrogens is 252 g/mol. The minimum atomic E-state index is -0.838. The van der Waals surface area contributed by atoms with E-state index in [1.807, 2.05) is 24.3 Å². The molecule has 0 heterocycles. The number of hydrogen-bond acceptors (Lipinski definition) is 2. The van der Waals surface area contributed by atoms with Gasteiger partial charge < -0.3 is 9.84 Å². The summed E-state index contributed by atoms with van der Waals surface area (Å²) in [4.78, 5) is 10.9. The second-order valence-electron chi connectivity index (χ2n) is 4.67. The molecule has 20 heavy (non-hydrogen) atoms. The van der Waals surface area contributed by atoms with E-state index in [1.54, 1.807) is 6.92 Å². The molecule has 0 saturated heterocycles. The zero-order valence-corrected chi connectivity index (χ0v) is 12.3. The summed E-state index contributed by atoms with van der Waals surface area (Å²) in [7, 11) is 0. The Balaban J connectivity index is 2.81. The number of hydrogen-bond donors (Lipinski definition) is 1. The quantitative estimate of drug-likeness (QED) is 0.768. The topological polar surface area (TPSA) is 46.5 Å². The fourth-order valence-corrected chi connectivity index (χ4v) is 2.03. The average Bonchev–Trinajstić information content (AvgIpc) is 2.44. The zero-order valence-electron chi connectivity index (χ0n) is 12.3. The van der Waals surface area contributed by atoms with Gasteiger partial charge >= 0.3 is 5.97 Å². The third-order valence-electron chi connectivity index (χ3n) is 3.19. The molecule has 0 saturated carbocycles. The first-order valence-electron chi connectivity index (χ1n) is 7.01. The largest absolute Gasteiger partial charge is 0.490 e. The van der Waals surface area contributed by atoms with E-state index in [-0.39, 0.29) is 18.4 Å². The van der Waals surface area contributed by atoms with Crippen LogP contribution in [-0.2, 0) is 4.79 Å². The summed E-state index contributed by atoms with van der Waals surface area (Å²) in [5.41, 5.74) is 0.915. The van der Waals surface area contributed by atoms with Crippen LogP contribution >= 0.6 is 0 Å². The van der Waals surface area contributed by atoms with Crippen molar-refractivity contribution in [1.29, 1.82) is 0 Å². The monoisotopic (exact) mass is 274 g/mol. The lowest BCUT2D eigenvalue weighted by Crippen LogP contribution is -2.13. The molecule has 108 valence electrons. The molecule has 0 aliphatic heterocycles. The van der Waals surface area contributed by atoms with Gasteiger partial charge in [-0.05, 0) is 37.5 Å². The summed E-state index contributed by atoms with van der Waals surface area (Å²) in [5, 5.41) is 8.92. The average molecular weight is 274 g/mol. The first-order chi connectivity index (χ1) is 9.60. The van der Waals surface area contributed by atoms with Crippen molar-refractivity contribution in [2.45, 2.75) is 52.1 Å². The van der Waals surface area contributed by atoms with Gasteiger partial charge in [0.2, 0.25) is 0 Å². The first-order valence-corrected chi connectivity index (χ1v) is 7.01. The van der Waals surface area contributed by atoms with Gasteiger partial charge in [-0.1, -0.05) is 31.9 Å². The molecule has 3 nitrogen and oxygen atoms in total. The van der Waals surface area contributed by atoms with Gasteiger partial charge in [0.25, 0.3) is 0 Å². The van der Waals surface area contributed by atoms with Crippen molar-refractivity contribution >= 4 is 5.97 Å². The predicted octanol–water partition coefficient (Wildman–Crippen LogP) is 3.84. The molecule has 1 aromatic rings. The highest BCUT2D eigenvalue weighted by molar-refractivity contribution is 5.69. The molecule has 0 aromatic heterocycles. The minimum absolute atomic E-state index is 0.0214. The second-order valence-corrected chi connectivity index (χ2v) is 4.67. The second kappa shape index (κ2) is 8.27. The van der Waals surface area contributed by atoms with Crippen LogP contribution in [-0.4, -0.2) is 17.2 Å². The van der Waals surface area contributed by atoms with Crippen LogP contribution in [0.4, 0.5) is 0 Å². The van der Waals surface area contributed by atoms with Gasteiger partial charge in [-0.2, -0.15) is 0 Å². The highest BCUT2D eigenvalue weighted by atomic mass is 16.5. The Hall–Kier alpha value is -1.95. The SMILES string of the molecule is CC#C[C@H](CC(=O)O)c1ccc(OC(CC)CC)cc1. The van der Waals surface area contributed by atoms with Gasteiger partial charge in [0, 0.05) is 0 Å². The Morgan fingerprint density at radius 1 is 1.25 bits per heavy atom. The van der Waals surface area contributed by atoms with Crippen molar-refractivity contribution in [2.24, 2.45) is 0 Å². The van der Waals surface area contributed by atoms with Gasteiger partial charge in [0.1, 0.15) is 5.75 Å². The Bertz CT molecular complexity index is 475. The molecule has 1 aromatic carbocycles. The van der Waals surface area contributed by atoms with E-state index < -0.39 is 5.97 Å². The maximum atomic E-state index is 10.9. The lowest BCUT2D eigenvalue weighted by atomic mass is 9.96. The van der Waals surface area contributed by atoms with E-state index in [9.17, 15) is 4.79 Å². The van der Waals surface area contributed by atoms with Crippen molar-refractivity contribution in [2.75, 3.05) is 0 Å². The summed E-state index contributed by atoms with van der Waals surface area (Å²) in [5.74, 6) is 5.45. The van der Waals surface area contributed by atoms with Crippen LogP contribution in [0.5, 0.6) is 5.75 Å². The molecule has 1 rings (SSSR count). The molecule has 0 fully saturated rings. The Morgan fingerprint density at radius 2 is 1.85 bits per heavy atom. The number of aliphatic carboxylic acids is 1. The number of rotatable bonds is 7. The summed E-state index contributed by atoms with van der Waals surface area (Å²) in [6.45, 7) is 5.92. The van der Waals surface area contributed by atoms with Crippen LogP contribution < -0.4 is 4.74 Å². The van der Waals surface area contributed by atoms with Gasteiger partial charge in [-0.3, -0.25) is 4.79 Å². The summed E-state index contributed by atoms with van der Waals surface area (Å²) in [6, 6.07) is 7.57. The molecule has 0 bridgehead atoms. The maximum Gasteiger partial charge on any atom is 0.304 e. The van der Waals surface area contributed by atoms with Crippen LogP contribution in [0.1, 0.15) is 51.5 Å². The van der Waals surface area contributed by atoms with Gasteiger partial charge in [-0.15, -0.1) is 5.92 Å². The Morgan fingerprint density at radius 3 is 2.30 bits per heavy atom. The van der Waals surface area contributed by atoms with Gasteiger partial charge in [0.05, 0.1) is 18.4 Å². The molecule has 1 atom stereocenters. The maximum absolute atomic E-state index is 10.9. The third kappa shape index (κ3) is 4.97. The fourth-order valence-electron chi connectivity index (χ4n) is 2.03. The van der Waals surface area contributed by atoms with E-state index >= 15 is 0 Å². The van der Waals surface area contributed by atoms with E-state index in [0.717, 1.165) is 24.2 Å². The van der Waals surface area contributed by atoms with E-state index in [0.29, 0.717) is 0 Å². The summed E-state index contributed by atoms with van der Waals surface area (Å²) < 4.78 is 5.84. The lowest BCUT2D eigenvalue weighted by molar-refractivity contribution is -0.137. The van der Waals surface area contributed by atoms with Crippen molar-refractivity contribution in [1.82, 2.24) is 0 Å². The summed E-state index contributed by atoms with van der Waals surface area (Å²) >= 11 is 0. The van der Waals surface area contributed by atoms with Crippen LogP contribution in [0.25, 0.3) is 0 Å². The van der Waals surface area contributed by atoms with Crippen LogP contribution in [0.2, 0.25) is 0 Å². The molecule has 0 radical (unpaired) electrons. The van der Waals surface area contributed by atoms with Crippen molar-refractivity contribution in [3.05, 3.63) is 29.8 Å². The van der Waals surface area contributed by atoms with Crippen molar-refractivity contribution in [3.63, 3.8) is 0 Å². The molecular formula is C17H22O3. The third-order valence-corrected chi connectivity index (χ3v) is 3.19. The van der Waals surface area contributed by atoms with Gasteiger partial charge in [-0.25, -0.2) is 0 Å². The Kier molecular flexibility index (Phi) is 6.66. The van der Waals surface area contributed by atoms with Crippen molar-refractivity contribution < 1.29 is 14.6 Å².